The Labute approximate surface area is 95.3 Å². The van der Waals surface area contributed by atoms with Crippen LogP contribution in [-0.4, -0.2) is 24.7 Å². The summed E-state index contributed by atoms with van der Waals surface area (Å²) in [6.07, 6.45) is 4.05. The molecule has 16 heavy (non-hydrogen) atoms. The summed E-state index contributed by atoms with van der Waals surface area (Å²) in [5.74, 6) is 1.33. The molecule has 0 aliphatic carbocycles. The van der Waals surface area contributed by atoms with Gasteiger partial charge in [0.2, 0.25) is 0 Å². The number of nitrogens with one attached hydrogen (secondary N) is 1. The average Bonchev–Trinajstić information content (AvgIpc) is 2.38. The summed E-state index contributed by atoms with van der Waals surface area (Å²) in [6.45, 7) is 2.87. The first-order valence-corrected chi connectivity index (χ1v) is 5.58. The van der Waals surface area contributed by atoms with Crippen LogP contribution in [0.4, 0.5) is 0 Å². The van der Waals surface area contributed by atoms with Crippen LogP contribution < -0.4 is 10.1 Å². The molecule has 0 bridgehead atoms. The third-order valence-electron chi connectivity index (χ3n) is 2.74. The van der Waals surface area contributed by atoms with E-state index in [0.717, 1.165) is 25.4 Å². The van der Waals surface area contributed by atoms with Crippen LogP contribution in [0, 0.1) is 17.2 Å². The Morgan fingerprint density at radius 3 is 3.12 bits per heavy atom. The number of piperidine rings is 1. The first kappa shape index (κ1) is 10.9. The van der Waals surface area contributed by atoms with E-state index in [9.17, 15) is 0 Å². The largest absolute Gasteiger partial charge is 0.492 e. The van der Waals surface area contributed by atoms with Gasteiger partial charge in [-0.1, -0.05) is 0 Å². The number of nitrogens with zero attached hydrogens (tertiary/aromatic N) is 2. The van der Waals surface area contributed by atoms with E-state index in [4.69, 9.17) is 10.00 Å². The molecule has 0 amide bonds. The van der Waals surface area contributed by atoms with Crippen molar-refractivity contribution in [3.05, 3.63) is 24.0 Å². The van der Waals surface area contributed by atoms with Crippen LogP contribution in [0.3, 0.4) is 0 Å². The predicted molar refractivity (Wildman–Crippen MR) is 60.0 cm³/mol. The lowest BCUT2D eigenvalue weighted by Gasteiger charge is -2.22. The monoisotopic (exact) mass is 217 g/mol. The summed E-state index contributed by atoms with van der Waals surface area (Å²) < 4.78 is 5.63. The van der Waals surface area contributed by atoms with E-state index in [1.165, 1.54) is 12.8 Å². The molecule has 0 radical (unpaired) electrons. The number of nitriles is 1. The van der Waals surface area contributed by atoms with Crippen LogP contribution in [0.1, 0.15) is 18.5 Å². The summed E-state index contributed by atoms with van der Waals surface area (Å²) in [6, 6.07) is 5.45. The fourth-order valence-electron chi connectivity index (χ4n) is 1.81. The van der Waals surface area contributed by atoms with Crippen molar-refractivity contribution in [1.29, 1.82) is 5.26 Å². The first-order valence-electron chi connectivity index (χ1n) is 5.58. The van der Waals surface area contributed by atoms with Crippen LogP contribution in [0.2, 0.25) is 0 Å². The fraction of sp³-hybridized carbons (Fsp3) is 0.500. The minimum Gasteiger partial charge on any atom is -0.492 e. The Balaban J connectivity index is 1.82. The zero-order valence-electron chi connectivity index (χ0n) is 9.15. The molecule has 2 heterocycles. The summed E-state index contributed by atoms with van der Waals surface area (Å²) in [5.41, 5.74) is 0.423. The Hall–Kier alpha value is -1.60. The number of hydrogen-bond donors (Lipinski definition) is 1. The molecule has 0 saturated carbocycles. The maximum atomic E-state index is 8.60. The summed E-state index contributed by atoms with van der Waals surface area (Å²) in [5, 5.41) is 12.0. The lowest BCUT2D eigenvalue weighted by atomic mass is 10.0. The summed E-state index contributed by atoms with van der Waals surface area (Å²) in [7, 11) is 0. The molecule has 1 atom stereocenters. The molecule has 1 aromatic heterocycles. The van der Waals surface area contributed by atoms with Crippen LogP contribution in [0.5, 0.6) is 5.75 Å². The summed E-state index contributed by atoms with van der Waals surface area (Å²) in [4.78, 5) is 3.96. The molecular formula is C12H15N3O. The molecule has 1 fully saturated rings. The van der Waals surface area contributed by atoms with E-state index >= 15 is 0 Å². The van der Waals surface area contributed by atoms with Crippen LogP contribution in [0.15, 0.2) is 18.3 Å². The number of rotatable bonds is 3. The smallest absolute Gasteiger partial charge is 0.140 e. The van der Waals surface area contributed by atoms with E-state index in [2.05, 4.69) is 10.3 Å². The average molecular weight is 217 g/mol. The van der Waals surface area contributed by atoms with E-state index in [-0.39, 0.29) is 0 Å². The van der Waals surface area contributed by atoms with Crippen molar-refractivity contribution in [3.63, 3.8) is 0 Å². The minimum atomic E-state index is 0.423. The summed E-state index contributed by atoms with van der Waals surface area (Å²) >= 11 is 0. The van der Waals surface area contributed by atoms with Gasteiger partial charge in [-0.2, -0.15) is 5.26 Å². The zero-order chi connectivity index (χ0) is 11.2. The van der Waals surface area contributed by atoms with Gasteiger partial charge in [0.25, 0.3) is 0 Å². The van der Waals surface area contributed by atoms with Crippen molar-refractivity contribution >= 4 is 0 Å². The Morgan fingerprint density at radius 2 is 2.50 bits per heavy atom. The van der Waals surface area contributed by atoms with Gasteiger partial charge in [0.05, 0.1) is 12.8 Å². The minimum absolute atomic E-state index is 0.423. The highest BCUT2D eigenvalue weighted by Gasteiger charge is 2.13. The maximum Gasteiger partial charge on any atom is 0.140 e. The number of aromatic nitrogens is 1. The van der Waals surface area contributed by atoms with Gasteiger partial charge in [0, 0.05) is 12.5 Å². The Morgan fingerprint density at radius 1 is 1.56 bits per heavy atom. The molecule has 2 rings (SSSR count). The fourth-order valence-corrected chi connectivity index (χ4v) is 1.81. The second-order valence-corrected chi connectivity index (χ2v) is 4.01. The van der Waals surface area contributed by atoms with Gasteiger partial charge in [-0.15, -0.1) is 0 Å². The number of ether oxygens (including phenoxy) is 1. The molecule has 1 aliphatic rings. The molecule has 1 saturated heterocycles. The van der Waals surface area contributed by atoms with Gasteiger partial charge >= 0.3 is 0 Å². The standard InChI is InChI=1S/C12H15N3O/c13-6-11-3-4-12(8-15-11)16-9-10-2-1-5-14-7-10/h3-4,8,10,14H,1-2,5,7,9H2/t10-/m1/s1. The van der Waals surface area contributed by atoms with E-state index in [0.29, 0.717) is 11.6 Å². The highest BCUT2D eigenvalue weighted by atomic mass is 16.5. The highest BCUT2D eigenvalue weighted by molar-refractivity contribution is 5.26. The molecule has 1 N–H and O–H groups in total. The van der Waals surface area contributed by atoms with Crippen molar-refractivity contribution in [1.82, 2.24) is 10.3 Å². The predicted octanol–water partition coefficient (Wildman–Crippen LogP) is 1.33. The maximum absolute atomic E-state index is 8.60. The molecule has 1 aromatic rings. The van der Waals surface area contributed by atoms with Gasteiger partial charge in [-0.3, -0.25) is 0 Å². The van der Waals surface area contributed by atoms with Crippen molar-refractivity contribution in [2.45, 2.75) is 12.8 Å². The second-order valence-electron chi connectivity index (χ2n) is 4.01. The first-order chi connectivity index (χ1) is 7.88. The Kier molecular flexibility index (Phi) is 3.73. The van der Waals surface area contributed by atoms with Crippen molar-refractivity contribution in [2.24, 2.45) is 5.92 Å². The van der Waals surface area contributed by atoms with E-state index in [1.807, 2.05) is 6.07 Å². The molecular weight excluding hydrogens is 202 g/mol. The molecule has 4 heteroatoms. The number of hydrogen-bond acceptors (Lipinski definition) is 4. The molecule has 4 nitrogen and oxygen atoms in total. The second kappa shape index (κ2) is 5.47. The van der Waals surface area contributed by atoms with Gasteiger partial charge in [0.1, 0.15) is 17.5 Å². The SMILES string of the molecule is N#Cc1ccc(OC[C@@H]2CCCNC2)cn1. The third kappa shape index (κ3) is 2.94. The quantitative estimate of drug-likeness (QED) is 0.829. The highest BCUT2D eigenvalue weighted by Crippen LogP contribution is 2.14. The van der Waals surface area contributed by atoms with Crippen LogP contribution >= 0.6 is 0 Å². The van der Waals surface area contributed by atoms with E-state index < -0.39 is 0 Å². The Bertz CT molecular complexity index is 363. The number of pyridine rings is 1. The van der Waals surface area contributed by atoms with Crippen LogP contribution in [-0.2, 0) is 0 Å². The molecule has 0 spiro atoms. The normalized spacial score (nSPS) is 20.1. The lowest BCUT2D eigenvalue weighted by Crippen LogP contribution is -2.33. The molecule has 84 valence electrons. The third-order valence-corrected chi connectivity index (χ3v) is 2.74. The van der Waals surface area contributed by atoms with Crippen molar-refractivity contribution in [3.8, 4) is 11.8 Å². The van der Waals surface area contributed by atoms with Crippen molar-refractivity contribution < 1.29 is 4.74 Å². The lowest BCUT2D eigenvalue weighted by molar-refractivity contribution is 0.218. The zero-order valence-corrected chi connectivity index (χ0v) is 9.15. The van der Waals surface area contributed by atoms with Gasteiger partial charge < -0.3 is 10.1 Å². The van der Waals surface area contributed by atoms with Crippen LogP contribution in [0.25, 0.3) is 0 Å². The topological polar surface area (TPSA) is 57.9 Å². The van der Waals surface area contributed by atoms with Gasteiger partial charge in [-0.05, 0) is 31.5 Å². The van der Waals surface area contributed by atoms with Crippen molar-refractivity contribution in [2.75, 3.05) is 19.7 Å². The molecule has 1 aliphatic heterocycles. The molecule has 0 unspecified atom stereocenters. The molecule has 0 aromatic carbocycles. The van der Waals surface area contributed by atoms with Gasteiger partial charge in [-0.25, -0.2) is 4.98 Å². The van der Waals surface area contributed by atoms with Gasteiger partial charge in [0.15, 0.2) is 0 Å². The van der Waals surface area contributed by atoms with E-state index in [1.54, 1.807) is 18.3 Å².